The van der Waals surface area contributed by atoms with E-state index in [0.717, 1.165) is 12.2 Å². The van der Waals surface area contributed by atoms with Crippen LogP contribution in [0.25, 0.3) is 0 Å². The van der Waals surface area contributed by atoms with Gasteiger partial charge in [-0.15, -0.1) is 0 Å². The normalized spacial score (nSPS) is 15.4. The van der Waals surface area contributed by atoms with Crippen molar-refractivity contribution in [1.29, 1.82) is 0 Å². The van der Waals surface area contributed by atoms with Gasteiger partial charge >= 0.3 is 0 Å². The van der Waals surface area contributed by atoms with Crippen molar-refractivity contribution in [2.24, 2.45) is 5.92 Å². The third-order valence-electron chi connectivity index (χ3n) is 3.77. The zero-order chi connectivity index (χ0) is 13.8. The van der Waals surface area contributed by atoms with Gasteiger partial charge in [0.1, 0.15) is 0 Å². The van der Waals surface area contributed by atoms with Crippen LogP contribution < -0.4 is 4.90 Å². The van der Waals surface area contributed by atoms with E-state index in [1.807, 2.05) is 11.9 Å². The fourth-order valence-corrected chi connectivity index (χ4v) is 2.78. The number of non-ortho nitro benzene ring substituents is 1. The lowest BCUT2D eigenvalue weighted by Gasteiger charge is -2.24. The van der Waals surface area contributed by atoms with Crippen LogP contribution in [0.1, 0.15) is 36.0 Å². The van der Waals surface area contributed by atoms with Crippen molar-refractivity contribution in [3.8, 4) is 0 Å². The molecule has 0 aliphatic heterocycles. The minimum Gasteiger partial charge on any atom is -0.374 e. The second kappa shape index (κ2) is 5.82. The molecule has 19 heavy (non-hydrogen) atoms. The van der Waals surface area contributed by atoms with E-state index in [9.17, 15) is 14.9 Å². The summed E-state index contributed by atoms with van der Waals surface area (Å²) < 4.78 is 0. The number of carbonyl (C=O) groups is 1. The first-order chi connectivity index (χ1) is 9.11. The van der Waals surface area contributed by atoms with Gasteiger partial charge < -0.3 is 4.90 Å². The van der Waals surface area contributed by atoms with Crippen molar-refractivity contribution in [2.45, 2.75) is 25.7 Å². The second-order valence-electron chi connectivity index (χ2n) is 5.15. The van der Waals surface area contributed by atoms with Gasteiger partial charge in [0.2, 0.25) is 0 Å². The van der Waals surface area contributed by atoms with E-state index in [1.54, 1.807) is 6.07 Å². The highest BCUT2D eigenvalue weighted by Gasteiger charge is 2.19. The van der Waals surface area contributed by atoms with Crippen LogP contribution in [0, 0.1) is 16.0 Å². The van der Waals surface area contributed by atoms with Crippen LogP contribution >= 0.6 is 0 Å². The number of nitrogens with zero attached hydrogens (tertiary/aromatic N) is 2. The lowest BCUT2D eigenvalue weighted by Crippen LogP contribution is -2.25. The first kappa shape index (κ1) is 13.5. The number of nitro benzene ring substituents is 1. The van der Waals surface area contributed by atoms with Crippen molar-refractivity contribution in [3.63, 3.8) is 0 Å². The van der Waals surface area contributed by atoms with Crippen molar-refractivity contribution in [1.82, 2.24) is 0 Å². The number of carbonyl (C=O) groups excluding carboxylic acids is 1. The highest BCUT2D eigenvalue weighted by atomic mass is 16.6. The Morgan fingerprint density at radius 2 is 2.11 bits per heavy atom. The average Bonchev–Trinajstić information content (AvgIpc) is 2.90. The van der Waals surface area contributed by atoms with E-state index in [-0.39, 0.29) is 5.69 Å². The molecular formula is C14H18N2O3. The quantitative estimate of drug-likeness (QED) is 0.465. The molecular weight excluding hydrogens is 244 g/mol. The Balaban J connectivity index is 2.17. The Morgan fingerprint density at radius 3 is 2.68 bits per heavy atom. The third kappa shape index (κ3) is 3.10. The summed E-state index contributed by atoms with van der Waals surface area (Å²) in [5, 5.41) is 10.7. The zero-order valence-electron chi connectivity index (χ0n) is 11.0. The number of benzene rings is 1. The topological polar surface area (TPSA) is 63.4 Å². The fraction of sp³-hybridized carbons (Fsp3) is 0.500. The van der Waals surface area contributed by atoms with Crippen LogP contribution in [-0.2, 0) is 0 Å². The van der Waals surface area contributed by atoms with E-state index in [4.69, 9.17) is 0 Å². The maximum absolute atomic E-state index is 11.1. The molecule has 5 nitrogen and oxygen atoms in total. The van der Waals surface area contributed by atoms with Crippen molar-refractivity contribution in [2.75, 3.05) is 18.5 Å². The molecule has 2 rings (SSSR count). The van der Waals surface area contributed by atoms with Gasteiger partial charge in [0.05, 0.1) is 4.92 Å². The Morgan fingerprint density at radius 1 is 1.42 bits per heavy atom. The summed E-state index contributed by atoms with van der Waals surface area (Å²) >= 11 is 0. The Bertz CT molecular complexity index is 482. The maximum atomic E-state index is 11.1. The molecule has 1 saturated carbocycles. The molecule has 0 radical (unpaired) electrons. The number of hydrogen-bond acceptors (Lipinski definition) is 4. The van der Waals surface area contributed by atoms with Gasteiger partial charge in [-0.2, -0.15) is 0 Å². The van der Waals surface area contributed by atoms with Crippen molar-refractivity contribution >= 4 is 17.7 Å². The van der Waals surface area contributed by atoms with Crippen LogP contribution in [0.2, 0.25) is 0 Å². The largest absolute Gasteiger partial charge is 0.374 e. The van der Waals surface area contributed by atoms with Crippen LogP contribution in [0.15, 0.2) is 18.2 Å². The minimum atomic E-state index is -0.478. The molecule has 0 bridgehead atoms. The van der Waals surface area contributed by atoms with Crippen molar-refractivity contribution < 1.29 is 9.72 Å². The van der Waals surface area contributed by atoms with Gasteiger partial charge in [0.25, 0.3) is 5.69 Å². The molecule has 5 heteroatoms. The van der Waals surface area contributed by atoms with Gasteiger partial charge in [-0.3, -0.25) is 14.9 Å². The second-order valence-corrected chi connectivity index (χ2v) is 5.15. The molecule has 1 aliphatic carbocycles. The minimum absolute atomic E-state index is 0.0416. The first-order valence-corrected chi connectivity index (χ1v) is 6.56. The average molecular weight is 262 g/mol. The highest BCUT2D eigenvalue weighted by Crippen LogP contribution is 2.29. The Kier molecular flexibility index (Phi) is 4.14. The monoisotopic (exact) mass is 262 g/mol. The number of rotatable bonds is 5. The number of anilines is 1. The lowest BCUT2D eigenvalue weighted by atomic mass is 10.1. The number of aldehydes is 1. The summed E-state index contributed by atoms with van der Waals surface area (Å²) in [7, 11) is 1.94. The van der Waals surface area contributed by atoms with Gasteiger partial charge in [-0.1, -0.05) is 12.8 Å². The molecule has 1 aromatic rings. The fourth-order valence-electron chi connectivity index (χ4n) is 2.78. The first-order valence-electron chi connectivity index (χ1n) is 6.56. The molecule has 0 spiro atoms. The van der Waals surface area contributed by atoms with Gasteiger partial charge in [-0.05, 0) is 24.8 Å². The molecule has 0 atom stereocenters. The number of hydrogen-bond donors (Lipinski definition) is 0. The molecule has 102 valence electrons. The van der Waals surface area contributed by atoms with Gasteiger partial charge in [0, 0.05) is 37.0 Å². The molecule has 0 N–H and O–H groups in total. The number of nitro groups is 1. The SMILES string of the molecule is CN(CC1CCCC1)c1ccc([N+](=O)[O-])cc1C=O. The summed E-state index contributed by atoms with van der Waals surface area (Å²) in [6, 6.07) is 4.46. The van der Waals surface area contributed by atoms with Crippen LogP contribution in [-0.4, -0.2) is 24.8 Å². The van der Waals surface area contributed by atoms with Crippen LogP contribution in [0.4, 0.5) is 11.4 Å². The molecule has 1 aromatic carbocycles. The smallest absolute Gasteiger partial charge is 0.270 e. The van der Waals surface area contributed by atoms with Crippen molar-refractivity contribution in [3.05, 3.63) is 33.9 Å². The third-order valence-corrected chi connectivity index (χ3v) is 3.77. The highest BCUT2D eigenvalue weighted by molar-refractivity contribution is 5.85. The van der Waals surface area contributed by atoms with Gasteiger partial charge in [-0.25, -0.2) is 0 Å². The van der Waals surface area contributed by atoms with E-state index in [2.05, 4.69) is 0 Å². The maximum Gasteiger partial charge on any atom is 0.270 e. The summed E-state index contributed by atoms with van der Waals surface area (Å²) in [5.41, 5.74) is 1.11. The summed E-state index contributed by atoms with van der Waals surface area (Å²) in [6.07, 6.45) is 5.70. The molecule has 0 unspecified atom stereocenters. The molecule has 0 heterocycles. The zero-order valence-corrected chi connectivity index (χ0v) is 11.0. The van der Waals surface area contributed by atoms with E-state index in [1.165, 1.54) is 37.8 Å². The van der Waals surface area contributed by atoms with E-state index >= 15 is 0 Å². The molecule has 0 saturated heterocycles. The predicted molar refractivity (Wildman–Crippen MR) is 73.7 cm³/mol. The van der Waals surface area contributed by atoms with Crippen LogP contribution in [0.3, 0.4) is 0 Å². The summed E-state index contributed by atoms with van der Waals surface area (Å²) in [5.74, 6) is 0.666. The summed E-state index contributed by atoms with van der Waals surface area (Å²) in [6.45, 7) is 0.901. The van der Waals surface area contributed by atoms with Gasteiger partial charge in [0.15, 0.2) is 6.29 Å². The molecule has 0 aromatic heterocycles. The molecule has 1 fully saturated rings. The van der Waals surface area contributed by atoms with Crippen LogP contribution in [0.5, 0.6) is 0 Å². The lowest BCUT2D eigenvalue weighted by molar-refractivity contribution is -0.384. The molecule has 1 aliphatic rings. The van der Waals surface area contributed by atoms with E-state index in [0.29, 0.717) is 17.8 Å². The van der Waals surface area contributed by atoms with E-state index < -0.39 is 4.92 Å². The predicted octanol–water partition coefficient (Wildman–Crippen LogP) is 3.03. The Labute approximate surface area is 112 Å². The Hall–Kier alpha value is -1.91. The summed E-state index contributed by atoms with van der Waals surface area (Å²) in [4.78, 5) is 23.4. The molecule has 0 amide bonds. The standard InChI is InChI=1S/C14H18N2O3/c1-15(9-11-4-2-3-5-11)14-7-6-13(16(18)19)8-12(14)10-17/h6-8,10-11H,2-5,9H2,1H3.